The lowest BCUT2D eigenvalue weighted by atomic mass is 9.87. The topological polar surface area (TPSA) is 33.7 Å². The van der Waals surface area contributed by atoms with E-state index in [2.05, 4.69) is 52.4 Å². The van der Waals surface area contributed by atoms with E-state index in [0.29, 0.717) is 16.7 Å². The van der Waals surface area contributed by atoms with E-state index in [1.54, 1.807) is 6.07 Å². The minimum Gasteiger partial charge on any atom is -0.470 e. The van der Waals surface area contributed by atoms with Crippen molar-refractivity contribution in [3.63, 3.8) is 0 Å². The van der Waals surface area contributed by atoms with Crippen LogP contribution in [-0.2, 0) is 4.74 Å². The highest BCUT2D eigenvalue weighted by molar-refractivity contribution is 9.10. The Bertz CT molecular complexity index is 1030. The van der Waals surface area contributed by atoms with Gasteiger partial charge in [-0.2, -0.15) is 5.01 Å². The lowest BCUT2D eigenvalue weighted by Gasteiger charge is -2.53. The average molecular weight is 496 g/mol. The van der Waals surface area contributed by atoms with Gasteiger partial charge < -0.3 is 14.9 Å². The molecule has 2 aromatic rings. The maximum absolute atomic E-state index is 6.67. The summed E-state index contributed by atoms with van der Waals surface area (Å²) >= 11 is 16.2. The van der Waals surface area contributed by atoms with Crippen molar-refractivity contribution in [2.24, 2.45) is 0 Å². The van der Waals surface area contributed by atoms with Gasteiger partial charge in [-0.05, 0) is 56.3 Å². The molecular formula is C22H21BrCl2N2O2. The number of ether oxygens (including phenoxy) is 2. The van der Waals surface area contributed by atoms with Crippen LogP contribution in [0.1, 0.15) is 43.9 Å². The summed E-state index contributed by atoms with van der Waals surface area (Å²) in [4.78, 5) is 0. The second-order valence-electron chi connectivity index (χ2n) is 8.40. The Kier molecular flexibility index (Phi) is 4.68. The van der Waals surface area contributed by atoms with E-state index >= 15 is 0 Å². The van der Waals surface area contributed by atoms with E-state index in [1.807, 2.05) is 24.3 Å². The predicted octanol–water partition coefficient (Wildman–Crippen LogP) is 6.34. The van der Waals surface area contributed by atoms with Crippen LogP contribution in [0.4, 0.5) is 0 Å². The first kappa shape index (κ1) is 19.7. The van der Waals surface area contributed by atoms with Crippen molar-refractivity contribution >= 4 is 44.8 Å². The largest absolute Gasteiger partial charge is 0.470 e. The summed E-state index contributed by atoms with van der Waals surface area (Å²) < 4.78 is 13.7. The molecule has 2 atom stereocenters. The van der Waals surface area contributed by atoms with Crippen molar-refractivity contribution in [2.45, 2.75) is 44.1 Å². The molecule has 0 aromatic heterocycles. The highest BCUT2D eigenvalue weighted by Crippen LogP contribution is 2.51. The van der Waals surface area contributed by atoms with Crippen LogP contribution in [0.2, 0.25) is 10.0 Å². The molecule has 152 valence electrons. The molecule has 3 aliphatic rings. The van der Waals surface area contributed by atoms with Crippen LogP contribution in [0.25, 0.3) is 5.70 Å². The van der Waals surface area contributed by atoms with Gasteiger partial charge in [0.25, 0.3) is 0 Å². The van der Waals surface area contributed by atoms with E-state index in [9.17, 15) is 0 Å². The summed E-state index contributed by atoms with van der Waals surface area (Å²) in [6.07, 6.45) is 3.73. The Morgan fingerprint density at radius 3 is 2.76 bits per heavy atom. The quantitative estimate of drug-likeness (QED) is 0.500. The number of rotatable bonds is 1. The van der Waals surface area contributed by atoms with E-state index in [-0.39, 0.29) is 11.6 Å². The van der Waals surface area contributed by atoms with Crippen molar-refractivity contribution in [3.05, 3.63) is 68.1 Å². The van der Waals surface area contributed by atoms with Gasteiger partial charge in [-0.3, -0.25) is 0 Å². The number of hydrogen-bond donors (Lipinski definition) is 1. The van der Waals surface area contributed by atoms with E-state index < -0.39 is 5.72 Å². The number of benzene rings is 2. The van der Waals surface area contributed by atoms with Gasteiger partial charge >= 0.3 is 0 Å². The zero-order valence-corrected chi connectivity index (χ0v) is 19.2. The second kappa shape index (κ2) is 6.89. The molecule has 3 heterocycles. The maximum atomic E-state index is 6.67. The molecule has 4 nitrogen and oxygen atoms in total. The molecule has 0 amide bonds. The van der Waals surface area contributed by atoms with Crippen molar-refractivity contribution in [2.75, 3.05) is 6.61 Å². The second-order valence-corrected chi connectivity index (χ2v) is 10.2. The standard InChI is InChI=1S/C22H21BrCl2N2O2/c1-21(2)12-22(7-8-28-21)27-19(16-9-13(23)3-6-20(16)29-22)11-18(26-27)15-5-4-14(24)10-17(15)25/h3-6,9-11,19,26H,7-8,12H2,1-2H3/t19-,22-/m1/s1. The Morgan fingerprint density at radius 2 is 2.00 bits per heavy atom. The van der Waals surface area contributed by atoms with Gasteiger partial charge in [0, 0.05) is 33.5 Å². The molecule has 7 heteroatoms. The van der Waals surface area contributed by atoms with Gasteiger partial charge in [-0.1, -0.05) is 39.1 Å². The number of nitrogens with one attached hydrogen (secondary N) is 1. The summed E-state index contributed by atoms with van der Waals surface area (Å²) in [5, 5.41) is 3.47. The Balaban J connectivity index is 1.62. The number of nitrogens with zero attached hydrogens (tertiary/aromatic N) is 1. The molecule has 0 bridgehead atoms. The van der Waals surface area contributed by atoms with Crippen LogP contribution in [-0.4, -0.2) is 22.9 Å². The van der Waals surface area contributed by atoms with Gasteiger partial charge in [-0.25, -0.2) is 0 Å². The SMILES string of the molecule is CC1(C)C[C@@]2(CCO1)Oc1ccc(Br)cc1[C@H]1C=C(c3ccc(Cl)cc3Cl)NN12. The van der Waals surface area contributed by atoms with Gasteiger partial charge in [-0.15, -0.1) is 0 Å². The first-order valence-electron chi connectivity index (χ1n) is 9.62. The summed E-state index contributed by atoms with van der Waals surface area (Å²) in [6, 6.07) is 11.8. The fourth-order valence-electron chi connectivity index (χ4n) is 4.59. The maximum Gasteiger partial charge on any atom is 0.185 e. The fraction of sp³-hybridized carbons (Fsp3) is 0.364. The third-order valence-corrected chi connectivity index (χ3v) is 6.82. The van der Waals surface area contributed by atoms with Crippen molar-refractivity contribution in [1.29, 1.82) is 0 Å². The molecule has 0 aliphatic carbocycles. The molecule has 1 spiro atoms. The number of hydrazine groups is 1. The summed E-state index contributed by atoms with van der Waals surface area (Å²) in [7, 11) is 0. The summed E-state index contributed by atoms with van der Waals surface area (Å²) in [6.45, 7) is 4.87. The number of halogens is 3. The van der Waals surface area contributed by atoms with Gasteiger partial charge in [0.05, 0.1) is 29.0 Å². The Hall–Kier alpha value is -1.24. The molecular weight excluding hydrogens is 475 g/mol. The first-order valence-corrected chi connectivity index (χ1v) is 11.2. The lowest BCUT2D eigenvalue weighted by Crippen LogP contribution is -2.64. The van der Waals surface area contributed by atoms with Crippen LogP contribution in [0.3, 0.4) is 0 Å². The lowest BCUT2D eigenvalue weighted by molar-refractivity contribution is -0.218. The summed E-state index contributed by atoms with van der Waals surface area (Å²) in [5.41, 5.74) is 5.80. The van der Waals surface area contributed by atoms with Crippen LogP contribution in [0, 0.1) is 0 Å². The average Bonchev–Trinajstić information content (AvgIpc) is 3.08. The molecule has 0 unspecified atom stereocenters. The van der Waals surface area contributed by atoms with Crippen LogP contribution in [0.15, 0.2) is 46.9 Å². The Morgan fingerprint density at radius 1 is 1.17 bits per heavy atom. The van der Waals surface area contributed by atoms with Crippen LogP contribution in [0.5, 0.6) is 5.75 Å². The number of fused-ring (bicyclic) bond motifs is 4. The highest BCUT2D eigenvalue weighted by atomic mass is 79.9. The molecule has 29 heavy (non-hydrogen) atoms. The Labute approximate surface area is 188 Å². The fourth-order valence-corrected chi connectivity index (χ4v) is 5.48. The van der Waals surface area contributed by atoms with E-state index in [4.69, 9.17) is 32.7 Å². The minimum absolute atomic E-state index is 0.0203. The zero-order valence-electron chi connectivity index (χ0n) is 16.1. The van der Waals surface area contributed by atoms with Crippen molar-refractivity contribution in [3.8, 4) is 5.75 Å². The normalized spacial score (nSPS) is 27.6. The smallest absolute Gasteiger partial charge is 0.185 e. The molecule has 1 fully saturated rings. The molecule has 1 saturated heterocycles. The number of hydrogen-bond acceptors (Lipinski definition) is 4. The van der Waals surface area contributed by atoms with Crippen LogP contribution >= 0.6 is 39.1 Å². The van der Waals surface area contributed by atoms with Crippen LogP contribution < -0.4 is 10.2 Å². The van der Waals surface area contributed by atoms with E-state index in [0.717, 1.165) is 39.9 Å². The minimum atomic E-state index is -0.510. The molecule has 0 radical (unpaired) electrons. The highest BCUT2D eigenvalue weighted by Gasteiger charge is 2.54. The van der Waals surface area contributed by atoms with Gasteiger partial charge in [0.15, 0.2) is 5.72 Å². The summed E-state index contributed by atoms with van der Waals surface area (Å²) in [5.74, 6) is 0.911. The molecule has 2 aromatic carbocycles. The molecule has 3 aliphatic heterocycles. The first-order chi connectivity index (χ1) is 13.8. The third-order valence-electron chi connectivity index (χ3n) is 5.78. The van der Waals surface area contributed by atoms with Gasteiger partial charge in [0.1, 0.15) is 5.75 Å². The molecule has 0 saturated carbocycles. The van der Waals surface area contributed by atoms with Gasteiger partial charge in [0.2, 0.25) is 0 Å². The molecule has 5 rings (SSSR count). The zero-order chi connectivity index (χ0) is 20.4. The van der Waals surface area contributed by atoms with E-state index in [1.165, 1.54) is 0 Å². The third kappa shape index (κ3) is 3.37. The molecule has 1 N–H and O–H groups in total. The van der Waals surface area contributed by atoms with Crippen molar-refractivity contribution in [1.82, 2.24) is 10.4 Å². The van der Waals surface area contributed by atoms with Crippen molar-refractivity contribution < 1.29 is 9.47 Å². The monoisotopic (exact) mass is 494 g/mol. The predicted molar refractivity (Wildman–Crippen MR) is 119 cm³/mol.